The molecule has 0 saturated carbocycles. The topological polar surface area (TPSA) is 89.0 Å². The summed E-state index contributed by atoms with van der Waals surface area (Å²) in [4.78, 5) is 32.8. The van der Waals surface area contributed by atoms with Crippen molar-refractivity contribution in [1.82, 2.24) is 9.88 Å². The number of benzene rings is 4. The van der Waals surface area contributed by atoms with Gasteiger partial charge in [-0.05, 0) is 77.7 Å². The molecule has 0 radical (unpaired) electrons. The predicted octanol–water partition coefficient (Wildman–Crippen LogP) is 7.38. The van der Waals surface area contributed by atoms with Gasteiger partial charge >= 0.3 is 0 Å². The van der Waals surface area contributed by atoms with E-state index in [2.05, 4.69) is 4.98 Å². The molecule has 6 rings (SSSR count). The molecule has 0 unspecified atom stereocenters. The Labute approximate surface area is 255 Å². The molecule has 1 fully saturated rings. The number of hydrogen-bond acceptors (Lipinski definition) is 6. The van der Waals surface area contributed by atoms with Crippen molar-refractivity contribution in [3.63, 3.8) is 0 Å². The zero-order chi connectivity index (χ0) is 30.5. The summed E-state index contributed by atoms with van der Waals surface area (Å²) < 4.78 is 12.0. The van der Waals surface area contributed by atoms with Gasteiger partial charge in [-0.2, -0.15) is 0 Å². The van der Waals surface area contributed by atoms with Gasteiger partial charge in [0.1, 0.15) is 29.6 Å². The second-order valence-electron chi connectivity index (χ2n) is 10.5. The fourth-order valence-electron chi connectivity index (χ4n) is 5.33. The van der Waals surface area contributed by atoms with Gasteiger partial charge in [0.15, 0.2) is 0 Å². The van der Waals surface area contributed by atoms with E-state index in [1.807, 2.05) is 97.9 Å². The highest BCUT2D eigenvalue weighted by Crippen LogP contribution is 2.42. The van der Waals surface area contributed by atoms with Crippen molar-refractivity contribution >= 4 is 17.4 Å². The van der Waals surface area contributed by atoms with E-state index in [4.69, 9.17) is 9.47 Å². The van der Waals surface area contributed by atoms with Crippen molar-refractivity contribution in [3.05, 3.63) is 161 Å². The maximum absolute atomic E-state index is 13.6. The number of nitrogens with zero attached hydrogens (tertiary/aromatic N) is 2. The molecule has 1 aromatic heterocycles. The summed E-state index contributed by atoms with van der Waals surface area (Å²) >= 11 is 0. The molecule has 0 aliphatic carbocycles. The Bertz CT molecular complexity index is 1820. The number of aromatic nitrogens is 1. The van der Waals surface area contributed by atoms with Crippen LogP contribution in [0.3, 0.4) is 0 Å². The Morgan fingerprint density at radius 3 is 2.25 bits per heavy atom. The minimum Gasteiger partial charge on any atom is -0.507 e. The van der Waals surface area contributed by atoms with E-state index in [0.717, 1.165) is 11.1 Å². The van der Waals surface area contributed by atoms with E-state index in [1.165, 1.54) is 4.90 Å². The van der Waals surface area contributed by atoms with Crippen LogP contribution in [0.15, 0.2) is 133 Å². The summed E-state index contributed by atoms with van der Waals surface area (Å²) in [6.07, 6.45) is 3.30. The minimum atomic E-state index is -0.858. The first-order chi connectivity index (χ1) is 21.5. The van der Waals surface area contributed by atoms with E-state index in [9.17, 15) is 14.7 Å². The van der Waals surface area contributed by atoms with Crippen LogP contribution in [-0.2, 0) is 22.7 Å². The Morgan fingerprint density at radius 1 is 0.795 bits per heavy atom. The number of ether oxygens (including phenoxy) is 2. The summed E-state index contributed by atoms with van der Waals surface area (Å²) in [7, 11) is 0. The molecule has 1 N–H and O–H groups in total. The number of likely N-dealkylation sites (tertiary alicyclic amines) is 1. The van der Waals surface area contributed by atoms with Crippen molar-refractivity contribution in [2.75, 3.05) is 0 Å². The van der Waals surface area contributed by atoms with Crippen LogP contribution in [0, 0.1) is 6.92 Å². The normalized spacial score (nSPS) is 15.8. The Kier molecular flexibility index (Phi) is 8.19. The van der Waals surface area contributed by atoms with E-state index in [1.54, 1.807) is 36.7 Å². The van der Waals surface area contributed by atoms with E-state index >= 15 is 0 Å². The second kappa shape index (κ2) is 12.7. The number of hydrogen-bond donors (Lipinski definition) is 1. The van der Waals surface area contributed by atoms with E-state index < -0.39 is 17.7 Å². The molecule has 1 amide bonds. The molecule has 0 bridgehead atoms. The summed E-state index contributed by atoms with van der Waals surface area (Å²) in [6.45, 7) is 2.36. The zero-order valence-corrected chi connectivity index (χ0v) is 24.1. The van der Waals surface area contributed by atoms with Gasteiger partial charge in [0.05, 0.1) is 11.6 Å². The van der Waals surface area contributed by atoms with Crippen LogP contribution in [0.5, 0.6) is 17.2 Å². The lowest BCUT2D eigenvalue weighted by molar-refractivity contribution is -0.140. The molecule has 1 aliphatic heterocycles. The first-order valence-corrected chi connectivity index (χ1v) is 14.3. The number of pyridine rings is 1. The molecule has 4 aromatic carbocycles. The highest BCUT2D eigenvalue weighted by molar-refractivity contribution is 6.46. The van der Waals surface area contributed by atoms with E-state index in [-0.39, 0.29) is 17.9 Å². The summed E-state index contributed by atoms with van der Waals surface area (Å²) in [6, 6.07) is 34.4. The number of ketones is 1. The van der Waals surface area contributed by atoms with Crippen molar-refractivity contribution < 1.29 is 24.2 Å². The standard InChI is InChI=1S/C37H30N2O5/c1-25-20-30(43-24-26-10-4-2-5-11-26)17-18-32(25)35(40)33-34(39(37(42)36(33)41)23-27-12-9-19-38-22-27)28-13-8-16-31(21-28)44-29-14-6-3-7-15-29/h2-22,34,40H,23-24H2,1H3/b35-33+/t34-/m1/s1. The Morgan fingerprint density at radius 2 is 1.52 bits per heavy atom. The number of carbonyl (C=O) groups excluding carboxylic acids is 2. The number of aryl methyl sites for hydroxylation is 1. The lowest BCUT2D eigenvalue weighted by atomic mass is 9.93. The van der Waals surface area contributed by atoms with Gasteiger partial charge in [0.2, 0.25) is 0 Å². The Hall–Kier alpha value is -5.69. The lowest BCUT2D eigenvalue weighted by Crippen LogP contribution is -2.29. The van der Waals surface area contributed by atoms with Crippen molar-refractivity contribution in [3.8, 4) is 17.2 Å². The van der Waals surface area contributed by atoms with Gasteiger partial charge in [-0.3, -0.25) is 14.6 Å². The van der Waals surface area contributed by atoms with Crippen LogP contribution < -0.4 is 9.47 Å². The van der Waals surface area contributed by atoms with Gasteiger partial charge in [0.25, 0.3) is 11.7 Å². The van der Waals surface area contributed by atoms with Crippen LogP contribution in [0.4, 0.5) is 0 Å². The van der Waals surface area contributed by atoms with Crippen molar-refractivity contribution in [1.29, 1.82) is 0 Å². The quantitative estimate of drug-likeness (QED) is 0.111. The molecule has 1 aliphatic rings. The van der Waals surface area contributed by atoms with Gasteiger partial charge in [-0.15, -0.1) is 0 Å². The second-order valence-corrected chi connectivity index (χ2v) is 10.5. The number of amides is 1. The van der Waals surface area contributed by atoms with Crippen LogP contribution in [0.25, 0.3) is 5.76 Å². The zero-order valence-electron chi connectivity index (χ0n) is 24.1. The molecule has 7 nitrogen and oxygen atoms in total. The molecular weight excluding hydrogens is 552 g/mol. The third-order valence-corrected chi connectivity index (χ3v) is 7.47. The van der Waals surface area contributed by atoms with Gasteiger partial charge < -0.3 is 19.5 Å². The molecule has 218 valence electrons. The van der Waals surface area contributed by atoms with Crippen LogP contribution >= 0.6 is 0 Å². The first kappa shape index (κ1) is 28.4. The van der Waals surface area contributed by atoms with Gasteiger partial charge in [-0.1, -0.05) is 66.7 Å². The smallest absolute Gasteiger partial charge is 0.295 e. The molecule has 1 atom stereocenters. The monoisotopic (exact) mass is 582 g/mol. The van der Waals surface area contributed by atoms with Crippen molar-refractivity contribution in [2.45, 2.75) is 26.1 Å². The average molecular weight is 583 g/mol. The molecule has 1 saturated heterocycles. The molecule has 5 aromatic rings. The molecule has 44 heavy (non-hydrogen) atoms. The summed E-state index contributed by atoms with van der Waals surface area (Å²) in [5.74, 6) is 0.117. The fourth-order valence-corrected chi connectivity index (χ4v) is 5.33. The fraction of sp³-hybridized carbons (Fsp3) is 0.108. The highest BCUT2D eigenvalue weighted by atomic mass is 16.5. The molecular formula is C37H30N2O5. The average Bonchev–Trinajstić information content (AvgIpc) is 3.30. The number of aliphatic hydroxyl groups is 1. The number of para-hydroxylation sites is 1. The lowest BCUT2D eigenvalue weighted by Gasteiger charge is -2.26. The van der Waals surface area contributed by atoms with Crippen LogP contribution in [0.2, 0.25) is 0 Å². The van der Waals surface area contributed by atoms with E-state index in [0.29, 0.717) is 40.5 Å². The summed E-state index contributed by atoms with van der Waals surface area (Å²) in [5.41, 5.74) is 3.57. The van der Waals surface area contributed by atoms with Crippen LogP contribution in [0.1, 0.15) is 33.9 Å². The number of carbonyl (C=O) groups is 2. The maximum atomic E-state index is 13.6. The number of rotatable bonds is 9. The molecule has 2 heterocycles. The summed E-state index contributed by atoms with van der Waals surface area (Å²) in [5, 5.41) is 11.7. The Balaban J connectivity index is 1.38. The first-order valence-electron chi connectivity index (χ1n) is 14.3. The number of aliphatic hydroxyl groups excluding tert-OH is 1. The molecule has 0 spiro atoms. The third-order valence-electron chi connectivity index (χ3n) is 7.47. The largest absolute Gasteiger partial charge is 0.507 e. The van der Waals surface area contributed by atoms with Gasteiger partial charge in [0, 0.05) is 24.5 Å². The molecule has 7 heteroatoms. The predicted molar refractivity (Wildman–Crippen MR) is 167 cm³/mol. The van der Waals surface area contributed by atoms with Crippen molar-refractivity contribution in [2.24, 2.45) is 0 Å². The minimum absolute atomic E-state index is 0.0109. The SMILES string of the molecule is Cc1cc(OCc2ccccc2)ccc1/C(O)=C1\C(=O)C(=O)N(Cc2cccnc2)[C@@H]1c1cccc(Oc2ccccc2)c1. The third kappa shape index (κ3) is 6.08. The number of Topliss-reactive ketones (excluding diaryl/α,β-unsaturated/α-hetero) is 1. The van der Waals surface area contributed by atoms with Gasteiger partial charge in [-0.25, -0.2) is 0 Å². The highest BCUT2D eigenvalue weighted by Gasteiger charge is 2.46. The van der Waals surface area contributed by atoms with Crippen LogP contribution in [-0.4, -0.2) is 26.7 Å². The maximum Gasteiger partial charge on any atom is 0.295 e.